The van der Waals surface area contributed by atoms with Crippen molar-refractivity contribution in [3.63, 3.8) is 0 Å². The summed E-state index contributed by atoms with van der Waals surface area (Å²) < 4.78 is 55.3. The third-order valence-corrected chi connectivity index (χ3v) is 7.04. The van der Waals surface area contributed by atoms with Crippen molar-refractivity contribution >= 4 is 23.6 Å². The predicted octanol–water partition coefficient (Wildman–Crippen LogP) is 2.54. The van der Waals surface area contributed by atoms with Crippen LogP contribution in [0.15, 0.2) is 71.1 Å². The molecule has 0 saturated carbocycles. The topological polar surface area (TPSA) is 166 Å². The molecule has 1 aliphatic carbocycles. The Morgan fingerprint density at radius 3 is 2.64 bits per heavy atom. The summed E-state index contributed by atoms with van der Waals surface area (Å²) in [6.45, 7) is 2.60. The van der Waals surface area contributed by atoms with Gasteiger partial charge in [0.15, 0.2) is 6.10 Å². The zero-order valence-electron chi connectivity index (χ0n) is 29.6. The largest absolute Gasteiger partial charge is 0.439 e. The summed E-state index contributed by atoms with van der Waals surface area (Å²) in [4.78, 5) is 51.9. The first-order chi connectivity index (χ1) is 21.8. The lowest BCUT2D eigenvalue weighted by molar-refractivity contribution is -0.120. The number of amides is 2. The van der Waals surface area contributed by atoms with E-state index in [-0.39, 0.29) is 29.7 Å². The number of ether oxygens (including phenoxy) is 3. The van der Waals surface area contributed by atoms with Gasteiger partial charge in [-0.05, 0) is 38.2 Å². The second-order valence-electron chi connectivity index (χ2n) is 10.3. The molecule has 2 bridgehead atoms. The number of hydrogen-bond donors (Lipinski definition) is 4. The van der Waals surface area contributed by atoms with Gasteiger partial charge < -0.3 is 35.7 Å². The maximum absolute atomic E-state index is 13.7. The first-order valence-electron chi connectivity index (χ1n) is 15.9. The van der Waals surface area contributed by atoms with Gasteiger partial charge in [-0.2, -0.15) is 0 Å². The maximum Gasteiger partial charge on any atom is 0.405 e. The van der Waals surface area contributed by atoms with Gasteiger partial charge in [-0.25, -0.2) is 4.79 Å². The number of aliphatic hydroxyl groups is 1. The van der Waals surface area contributed by atoms with Gasteiger partial charge in [0.25, 0.3) is 5.91 Å². The molecule has 1 heterocycles. The Morgan fingerprint density at radius 1 is 1.31 bits per heavy atom. The van der Waals surface area contributed by atoms with E-state index in [1.165, 1.54) is 39.4 Å². The summed E-state index contributed by atoms with van der Waals surface area (Å²) in [5.74, 6) is -3.41. The van der Waals surface area contributed by atoms with Crippen LogP contribution in [0.5, 0.6) is 0 Å². The van der Waals surface area contributed by atoms with Gasteiger partial charge in [0.05, 0.1) is 30.5 Å². The number of hydrogen-bond acceptors (Lipinski definition) is 9. The van der Waals surface area contributed by atoms with Crippen LogP contribution in [0.25, 0.3) is 0 Å². The number of Topliss-reactive ketones (excluding diaryl/α,β-unsaturated/α-hetero) is 1. The lowest BCUT2D eigenvalue weighted by Crippen LogP contribution is -2.37. The van der Waals surface area contributed by atoms with E-state index in [4.69, 9.17) is 26.8 Å². The second-order valence-corrected chi connectivity index (χ2v) is 10.3. The van der Waals surface area contributed by atoms with Crippen LogP contribution in [0.2, 0.25) is 0 Å². The van der Waals surface area contributed by atoms with Gasteiger partial charge in [0.1, 0.15) is 6.10 Å². The Morgan fingerprint density at radius 2 is 2.02 bits per heavy atom. The van der Waals surface area contributed by atoms with Crippen molar-refractivity contribution in [2.24, 2.45) is 17.6 Å². The predicted molar refractivity (Wildman–Crippen MR) is 158 cm³/mol. The average molecular weight is 591 g/mol. The molecule has 0 spiro atoms. The van der Waals surface area contributed by atoms with E-state index in [0.717, 1.165) is 6.08 Å². The number of aliphatic hydroxyl groups excluding tert-OH is 1. The molecular weight excluding hydrogens is 542 g/mol. The van der Waals surface area contributed by atoms with Crippen LogP contribution < -0.4 is 16.4 Å². The molecule has 0 radical (unpaired) electrons. The first-order valence-corrected chi connectivity index (χ1v) is 13.4. The Bertz CT molecular complexity index is 1430. The van der Waals surface area contributed by atoms with Crippen LogP contribution in [0, 0.1) is 11.8 Å². The lowest BCUT2D eigenvalue weighted by Gasteiger charge is -2.30. The molecule has 11 nitrogen and oxygen atoms in total. The van der Waals surface area contributed by atoms with Gasteiger partial charge in [-0.15, -0.1) is 6.53 Å². The molecule has 0 aromatic rings. The number of rotatable bonds is 6. The van der Waals surface area contributed by atoms with Crippen molar-refractivity contribution in [2.45, 2.75) is 65.0 Å². The number of carbonyl (C=O) groups excluding carboxylic acids is 4. The highest BCUT2D eigenvalue weighted by atomic mass is 16.6. The van der Waals surface area contributed by atoms with Gasteiger partial charge in [-0.3, -0.25) is 14.4 Å². The molecule has 2 amide bonds. The van der Waals surface area contributed by atoms with E-state index in [0.29, 0.717) is 5.57 Å². The third-order valence-electron chi connectivity index (χ3n) is 7.04. The van der Waals surface area contributed by atoms with Crippen molar-refractivity contribution in [1.82, 2.24) is 10.6 Å². The Labute approximate surface area is 254 Å². The highest BCUT2D eigenvalue weighted by molar-refractivity contribution is 6.23. The van der Waals surface area contributed by atoms with E-state index >= 15 is 0 Å². The summed E-state index contributed by atoms with van der Waals surface area (Å²) in [7, 11) is 2.78. The fraction of sp³-hybridized carbons (Fsp3) is 0.484. The van der Waals surface area contributed by atoms with Crippen molar-refractivity contribution in [1.29, 1.82) is 0 Å². The normalized spacial score (nSPS) is 30.3. The third kappa shape index (κ3) is 9.10. The molecule has 0 aromatic carbocycles. The number of allylic oxidation sites excluding steroid dienone is 4. The molecule has 1 aliphatic heterocycles. The molecule has 0 fully saturated rings. The van der Waals surface area contributed by atoms with Crippen molar-refractivity contribution in [3.05, 3.63) is 71.1 Å². The zero-order valence-corrected chi connectivity index (χ0v) is 24.6. The molecule has 2 aliphatic rings. The molecule has 0 unspecified atom stereocenters. The molecule has 2 rings (SSSR count). The number of carbonyl (C=O) groups is 4. The molecule has 0 saturated heterocycles. The van der Waals surface area contributed by atoms with Crippen LogP contribution in [0.1, 0.15) is 47.4 Å². The molecule has 0 aromatic heterocycles. The smallest absolute Gasteiger partial charge is 0.405 e. The lowest BCUT2D eigenvalue weighted by atomic mass is 9.85. The van der Waals surface area contributed by atoms with Crippen LogP contribution >= 0.6 is 0 Å². The van der Waals surface area contributed by atoms with Crippen molar-refractivity contribution in [3.8, 4) is 0 Å². The summed E-state index contributed by atoms with van der Waals surface area (Å²) in [5.41, 5.74) is 4.91. The van der Waals surface area contributed by atoms with Crippen molar-refractivity contribution < 1.29 is 45.3 Å². The molecule has 230 valence electrons. The standard InChI is InChI=1S/C31H43N3O8/c1-8-12-33-26-21-13-17(2)14-25(41-7)27(36)19(4)15-20(5)29(42-31(32)39)24(40-6)11-9-10-18(3)30(38)34-22(28(21)37)16-23(26)35/h8-11,15-17,19,24-25,27,29,33,36H,1,12-14H2,2-7H3,(H2,32,39)(H,34,38)/t17-,19+,24+,25+,27-,29+/m1/s1/i1D2,8D,12D2. The summed E-state index contributed by atoms with van der Waals surface area (Å²) in [5, 5.41) is 15.9. The van der Waals surface area contributed by atoms with Gasteiger partial charge in [0.2, 0.25) is 11.6 Å². The Kier molecular flexibility index (Phi) is 10.3. The average Bonchev–Trinajstić information content (AvgIpc) is 2.99. The fourth-order valence-electron chi connectivity index (χ4n) is 4.82. The molecule has 11 heteroatoms. The highest BCUT2D eigenvalue weighted by Gasteiger charge is 2.33. The van der Waals surface area contributed by atoms with Crippen LogP contribution in [0.4, 0.5) is 4.79 Å². The van der Waals surface area contributed by atoms with Gasteiger partial charge in [0, 0.05) is 43.9 Å². The Balaban J connectivity index is 2.71. The number of methoxy groups -OCH3 is 2. The second kappa shape index (κ2) is 16.0. The maximum atomic E-state index is 13.7. The van der Waals surface area contributed by atoms with E-state index in [1.54, 1.807) is 26.8 Å². The molecule has 5 N–H and O–H groups in total. The minimum atomic E-state index is -2.86. The van der Waals surface area contributed by atoms with Crippen molar-refractivity contribution in [2.75, 3.05) is 20.7 Å². The molecule has 6 atom stereocenters. The molecular formula is C31H43N3O8. The van der Waals surface area contributed by atoms with Gasteiger partial charge in [-0.1, -0.05) is 44.2 Å². The van der Waals surface area contributed by atoms with Crippen LogP contribution in [-0.2, 0) is 28.6 Å². The monoisotopic (exact) mass is 590 g/mol. The van der Waals surface area contributed by atoms with Crippen LogP contribution in [-0.4, -0.2) is 73.8 Å². The highest BCUT2D eigenvalue weighted by Crippen LogP contribution is 2.28. The number of nitrogens with one attached hydrogen (secondary N) is 2. The van der Waals surface area contributed by atoms with E-state index in [2.05, 4.69) is 10.6 Å². The number of ketones is 2. The van der Waals surface area contributed by atoms with E-state index < -0.39 is 84.6 Å². The minimum Gasteiger partial charge on any atom is -0.439 e. The van der Waals surface area contributed by atoms with Gasteiger partial charge >= 0.3 is 6.09 Å². The Hall–Kier alpha value is -3.80. The number of fused-ring (bicyclic) bond motifs is 2. The first kappa shape index (κ1) is 27.1. The zero-order chi connectivity index (χ0) is 35.8. The quantitative estimate of drug-likeness (QED) is 0.269. The fourth-order valence-corrected chi connectivity index (χ4v) is 4.82. The molecule has 42 heavy (non-hydrogen) atoms. The summed E-state index contributed by atoms with van der Waals surface area (Å²) in [6, 6.07) is -1.06. The SMILES string of the molecule is [2H]C([2H])=C([2H])C([2H])([2H])NC1=C2C[C@@H](C)C[C@H](OC)[C@H](O)[C@@H](C)C=C(C)[C@H](OC(N)=O)[C@@H](OC)C=CC=C(C)C(=O)NC(=CC1=O)C2=O. The van der Waals surface area contributed by atoms with E-state index in [9.17, 15) is 24.3 Å². The van der Waals surface area contributed by atoms with Crippen LogP contribution in [0.3, 0.4) is 0 Å². The summed E-state index contributed by atoms with van der Waals surface area (Å²) >= 11 is 0. The number of primary amides is 1. The van der Waals surface area contributed by atoms with E-state index in [1.807, 2.05) is 0 Å². The summed E-state index contributed by atoms with van der Waals surface area (Å²) in [6.07, 6.45) is 2.15. The minimum absolute atomic E-state index is 0.121. The number of nitrogens with two attached hydrogens (primary N) is 1.